The molecule has 0 saturated carbocycles. The molecule has 2 rings (SSSR count). The van der Waals surface area contributed by atoms with Crippen LogP contribution < -0.4 is 14.8 Å². The second-order valence-corrected chi connectivity index (χ2v) is 6.97. The summed E-state index contributed by atoms with van der Waals surface area (Å²) >= 11 is 0. The highest BCUT2D eigenvalue weighted by atomic mass is 32.2. The lowest BCUT2D eigenvalue weighted by atomic mass is 10.2. The lowest BCUT2D eigenvalue weighted by Gasteiger charge is -2.11. The van der Waals surface area contributed by atoms with Crippen molar-refractivity contribution in [2.75, 3.05) is 23.7 Å². The summed E-state index contributed by atoms with van der Waals surface area (Å²) in [5.74, 6) is 1.40. The van der Waals surface area contributed by atoms with E-state index < -0.39 is 10.0 Å². The number of anilines is 2. The molecule has 0 saturated heterocycles. The summed E-state index contributed by atoms with van der Waals surface area (Å²) in [7, 11) is -2.20. The van der Waals surface area contributed by atoms with Crippen LogP contribution in [0.15, 0.2) is 35.2 Å². The summed E-state index contributed by atoms with van der Waals surface area (Å²) < 4.78 is 32.5. The fourth-order valence-corrected chi connectivity index (χ4v) is 3.34. The normalized spacial score (nSPS) is 11.1. The van der Waals surface area contributed by atoms with E-state index in [9.17, 15) is 8.42 Å². The van der Waals surface area contributed by atoms with E-state index in [2.05, 4.69) is 27.2 Å². The Labute approximate surface area is 142 Å². The Bertz CT molecular complexity index is 776. The van der Waals surface area contributed by atoms with Crippen molar-refractivity contribution in [3.05, 3.63) is 35.9 Å². The lowest BCUT2D eigenvalue weighted by Crippen LogP contribution is -2.16. The smallest absolute Gasteiger partial charge is 0.263 e. The number of hydrogen-bond acceptors (Lipinski definition) is 6. The minimum Gasteiger partial charge on any atom is -0.497 e. The van der Waals surface area contributed by atoms with E-state index in [0.29, 0.717) is 17.1 Å². The first-order chi connectivity index (χ1) is 11.5. The predicted molar refractivity (Wildman–Crippen MR) is 94.0 cm³/mol. The topological polar surface area (TPSA) is 93.2 Å². The van der Waals surface area contributed by atoms with E-state index in [0.717, 1.165) is 19.4 Å². The number of nitrogens with one attached hydrogen (secondary N) is 2. The molecule has 0 atom stereocenters. The van der Waals surface area contributed by atoms with E-state index in [1.54, 1.807) is 31.2 Å². The summed E-state index contributed by atoms with van der Waals surface area (Å²) in [6.07, 6.45) is 2.12. The third-order valence-electron chi connectivity index (χ3n) is 3.41. The zero-order chi connectivity index (χ0) is 17.6. The number of nitrogens with zero attached hydrogens (tertiary/aromatic N) is 2. The maximum Gasteiger partial charge on any atom is 0.263 e. The van der Waals surface area contributed by atoms with Gasteiger partial charge in [-0.3, -0.25) is 4.72 Å². The SMILES string of the molecule is CCCCNc1ccc(NS(=O)(=O)c2ccc(OC)cc2C)nn1. The van der Waals surface area contributed by atoms with Crippen LogP contribution in [0.4, 0.5) is 11.6 Å². The van der Waals surface area contributed by atoms with Gasteiger partial charge in [0, 0.05) is 6.54 Å². The summed E-state index contributed by atoms with van der Waals surface area (Å²) in [5.41, 5.74) is 0.590. The molecule has 0 aliphatic rings. The van der Waals surface area contributed by atoms with Crippen molar-refractivity contribution < 1.29 is 13.2 Å². The maximum atomic E-state index is 12.5. The Balaban J connectivity index is 2.11. The summed E-state index contributed by atoms with van der Waals surface area (Å²) in [6.45, 7) is 4.62. The van der Waals surface area contributed by atoms with Crippen LogP contribution in [0.1, 0.15) is 25.3 Å². The standard InChI is InChI=1S/C16H22N4O3S/c1-4-5-10-17-15-8-9-16(19-18-15)20-24(21,22)14-7-6-13(23-3)11-12(14)2/h6-9,11H,4-5,10H2,1-3H3,(H,17,18)(H,19,20). The summed E-state index contributed by atoms with van der Waals surface area (Å²) in [4.78, 5) is 0.176. The first-order valence-electron chi connectivity index (χ1n) is 7.71. The monoisotopic (exact) mass is 350 g/mol. The fraction of sp³-hybridized carbons (Fsp3) is 0.375. The molecule has 0 bridgehead atoms. The van der Waals surface area contributed by atoms with Crippen LogP contribution in [0.2, 0.25) is 0 Å². The average molecular weight is 350 g/mol. The fourth-order valence-electron chi connectivity index (χ4n) is 2.12. The molecule has 0 radical (unpaired) electrons. The number of benzene rings is 1. The molecule has 130 valence electrons. The van der Waals surface area contributed by atoms with Gasteiger partial charge in [0.25, 0.3) is 10.0 Å². The van der Waals surface area contributed by atoms with Gasteiger partial charge in [0.15, 0.2) is 5.82 Å². The van der Waals surface area contributed by atoms with Crippen LogP contribution in [0.5, 0.6) is 5.75 Å². The number of ether oxygens (including phenoxy) is 1. The Morgan fingerprint density at radius 3 is 2.42 bits per heavy atom. The van der Waals surface area contributed by atoms with Gasteiger partial charge < -0.3 is 10.1 Å². The molecular weight excluding hydrogens is 328 g/mol. The molecule has 0 amide bonds. The highest BCUT2D eigenvalue weighted by Gasteiger charge is 2.18. The molecule has 1 aromatic heterocycles. The van der Waals surface area contributed by atoms with E-state index in [1.807, 2.05) is 0 Å². The number of unbranched alkanes of at least 4 members (excludes halogenated alkanes) is 1. The first-order valence-corrected chi connectivity index (χ1v) is 9.19. The van der Waals surface area contributed by atoms with Crippen LogP contribution in [0.25, 0.3) is 0 Å². The van der Waals surface area contributed by atoms with E-state index in [-0.39, 0.29) is 10.7 Å². The van der Waals surface area contributed by atoms with Gasteiger partial charge in [-0.05, 0) is 49.2 Å². The van der Waals surface area contributed by atoms with Crippen molar-refractivity contribution in [3.63, 3.8) is 0 Å². The first kappa shape index (κ1) is 18.0. The van der Waals surface area contributed by atoms with E-state index in [4.69, 9.17) is 4.74 Å². The van der Waals surface area contributed by atoms with Crippen molar-refractivity contribution in [1.82, 2.24) is 10.2 Å². The maximum absolute atomic E-state index is 12.5. The molecule has 1 aromatic carbocycles. The van der Waals surface area contributed by atoms with Gasteiger partial charge >= 0.3 is 0 Å². The zero-order valence-electron chi connectivity index (χ0n) is 14.0. The summed E-state index contributed by atoms with van der Waals surface area (Å²) in [5, 5.41) is 11.0. The van der Waals surface area contributed by atoms with Crippen LogP contribution >= 0.6 is 0 Å². The molecule has 1 heterocycles. The molecule has 2 N–H and O–H groups in total. The highest BCUT2D eigenvalue weighted by molar-refractivity contribution is 7.92. The van der Waals surface area contributed by atoms with Gasteiger partial charge in [0.1, 0.15) is 11.6 Å². The van der Waals surface area contributed by atoms with Crippen molar-refractivity contribution in [3.8, 4) is 5.75 Å². The van der Waals surface area contributed by atoms with Gasteiger partial charge in [-0.2, -0.15) is 0 Å². The highest BCUT2D eigenvalue weighted by Crippen LogP contribution is 2.22. The summed E-state index contributed by atoms with van der Waals surface area (Å²) in [6, 6.07) is 8.05. The van der Waals surface area contributed by atoms with Crippen LogP contribution in [0.3, 0.4) is 0 Å². The third kappa shape index (κ3) is 4.58. The van der Waals surface area contributed by atoms with Gasteiger partial charge in [-0.1, -0.05) is 13.3 Å². The second-order valence-electron chi connectivity index (χ2n) is 5.32. The number of aryl methyl sites for hydroxylation is 1. The molecule has 0 spiro atoms. The molecule has 24 heavy (non-hydrogen) atoms. The van der Waals surface area contributed by atoms with E-state index in [1.165, 1.54) is 13.2 Å². The minimum atomic E-state index is -3.73. The van der Waals surface area contributed by atoms with Crippen LogP contribution in [0, 0.1) is 6.92 Å². The zero-order valence-corrected chi connectivity index (χ0v) is 14.9. The largest absolute Gasteiger partial charge is 0.497 e. The number of rotatable bonds is 8. The van der Waals surface area contributed by atoms with Crippen molar-refractivity contribution in [2.24, 2.45) is 0 Å². The Hall–Kier alpha value is -2.35. The van der Waals surface area contributed by atoms with Gasteiger partial charge in [-0.15, -0.1) is 10.2 Å². The van der Waals surface area contributed by atoms with Gasteiger partial charge in [0.05, 0.1) is 12.0 Å². The van der Waals surface area contributed by atoms with Crippen LogP contribution in [-0.4, -0.2) is 32.3 Å². The number of aromatic nitrogens is 2. The molecule has 0 aliphatic heterocycles. The quantitative estimate of drug-likeness (QED) is 0.711. The van der Waals surface area contributed by atoms with Crippen LogP contribution in [-0.2, 0) is 10.0 Å². The predicted octanol–water partition coefficient (Wildman–Crippen LogP) is 2.81. The Morgan fingerprint density at radius 1 is 1.12 bits per heavy atom. The average Bonchev–Trinajstić information content (AvgIpc) is 2.56. The molecule has 0 unspecified atom stereocenters. The molecule has 0 aliphatic carbocycles. The van der Waals surface area contributed by atoms with E-state index >= 15 is 0 Å². The molecular formula is C16H22N4O3S. The lowest BCUT2D eigenvalue weighted by molar-refractivity contribution is 0.414. The van der Waals surface area contributed by atoms with Crippen molar-refractivity contribution >= 4 is 21.7 Å². The van der Waals surface area contributed by atoms with Gasteiger partial charge in [-0.25, -0.2) is 8.42 Å². The van der Waals surface area contributed by atoms with Crippen molar-refractivity contribution in [1.29, 1.82) is 0 Å². The number of methoxy groups -OCH3 is 1. The minimum absolute atomic E-state index is 0.172. The second kappa shape index (κ2) is 7.96. The Kier molecular flexibility index (Phi) is 5.97. The molecule has 2 aromatic rings. The van der Waals surface area contributed by atoms with Crippen molar-refractivity contribution in [2.45, 2.75) is 31.6 Å². The molecule has 0 fully saturated rings. The number of hydrogen-bond donors (Lipinski definition) is 2. The molecule has 8 heteroatoms. The Morgan fingerprint density at radius 2 is 1.83 bits per heavy atom. The van der Waals surface area contributed by atoms with Gasteiger partial charge in [0.2, 0.25) is 0 Å². The third-order valence-corrected chi connectivity index (χ3v) is 4.93. The molecule has 7 nitrogen and oxygen atoms in total. The number of sulfonamides is 1.